The number of halogens is 1. The molecule has 0 aromatic heterocycles. The number of esters is 2. The van der Waals surface area contributed by atoms with Crippen LogP contribution < -0.4 is 5.32 Å². The number of rotatable bonds is 4. The molecule has 0 saturated carbocycles. The molecular formula is C14H16BrNO5. The zero-order valence-electron chi connectivity index (χ0n) is 12.2. The molecule has 1 amide bonds. The van der Waals surface area contributed by atoms with E-state index in [0.29, 0.717) is 16.5 Å². The summed E-state index contributed by atoms with van der Waals surface area (Å²) in [6.07, 6.45) is 0.507. The van der Waals surface area contributed by atoms with Crippen molar-refractivity contribution in [1.82, 2.24) is 0 Å². The van der Waals surface area contributed by atoms with Gasteiger partial charge in [-0.25, -0.2) is 9.59 Å². The van der Waals surface area contributed by atoms with Crippen LogP contribution in [0.15, 0.2) is 10.5 Å². The molecule has 114 valence electrons. The van der Waals surface area contributed by atoms with Gasteiger partial charge in [-0.05, 0) is 34.0 Å². The van der Waals surface area contributed by atoms with Crippen molar-refractivity contribution in [2.45, 2.75) is 20.3 Å². The Morgan fingerprint density at radius 3 is 2.10 bits per heavy atom. The molecule has 7 heteroatoms. The summed E-state index contributed by atoms with van der Waals surface area (Å²) in [6.45, 7) is 3.15. The van der Waals surface area contributed by atoms with Crippen molar-refractivity contribution in [3.63, 3.8) is 0 Å². The highest BCUT2D eigenvalue weighted by atomic mass is 79.9. The smallest absolute Gasteiger partial charge is 0.340 e. The number of hydrogen-bond donors (Lipinski definition) is 1. The maximum Gasteiger partial charge on any atom is 0.340 e. The third-order valence-corrected chi connectivity index (χ3v) is 3.45. The zero-order chi connectivity index (χ0) is 16.2. The molecule has 0 aliphatic heterocycles. The average Bonchev–Trinajstić information content (AvgIpc) is 2.46. The van der Waals surface area contributed by atoms with Crippen molar-refractivity contribution >= 4 is 39.5 Å². The van der Waals surface area contributed by atoms with E-state index in [1.54, 1.807) is 6.07 Å². The van der Waals surface area contributed by atoms with Gasteiger partial charge in [0.1, 0.15) is 0 Å². The third-order valence-electron chi connectivity index (χ3n) is 2.82. The van der Waals surface area contributed by atoms with E-state index in [9.17, 15) is 14.4 Å². The van der Waals surface area contributed by atoms with Crippen molar-refractivity contribution in [3.8, 4) is 0 Å². The molecule has 0 spiro atoms. The summed E-state index contributed by atoms with van der Waals surface area (Å²) in [5, 5.41) is 2.53. The highest BCUT2D eigenvalue weighted by Gasteiger charge is 2.28. The summed E-state index contributed by atoms with van der Waals surface area (Å²) < 4.78 is 9.96. The van der Waals surface area contributed by atoms with Crippen LogP contribution >= 0.6 is 15.9 Å². The van der Waals surface area contributed by atoms with Crippen LogP contribution in [0.2, 0.25) is 0 Å². The van der Waals surface area contributed by atoms with Gasteiger partial charge in [0, 0.05) is 11.4 Å². The molecule has 21 heavy (non-hydrogen) atoms. The maximum absolute atomic E-state index is 12.1. The number of anilines is 1. The second kappa shape index (κ2) is 7.21. The van der Waals surface area contributed by atoms with Crippen molar-refractivity contribution in [2.75, 3.05) is 19.5 Å². The molecule has 0 radical (unpaired) electrons. The number of benzene rings is 1. The highest BCUT2D eigenvalue weighted by molar-refractivity contribution is 9.10. The maximum atomic E-state index is 12.1. The standard InChI is InChI=1S/C14H16BrNO5/c1-5-8-6-9(15)12(16-7(2)17)11(14(19)21-4)10(8)13(18)20-3/h6H,5H2,1-4H3,(H,16,17). The molecule has 1 aromatic rings. The number of carbonyl (C=O) groups excluding carboxylic acids is 3. The molecule has 1 rings (SSSR count). The Morgan fingerprint density at radius 2 is 1.67 bits per heavy atom. The monoisotopic (exact) mass is 357 g/mol. The number of aryl methyl sites for hydroxylation is 1. The molecular weight excluding hydrogens is 342 g/mol. The number of carbonyl (C=O) groups is 3. The lowest BCUT2D eigenvalue weighted by atomic mass is 9.97. The summed E-state index contributed by atoms with van der Waals surface area (Å²) in [5.74, 6) is -1.76. The lowest BCUT2D eigenvalue weighted by Crippen LogP contribution is -2.19. The molecule has 1 aromatic carbocycles. The fraction of sp³-hybridized carbons (Fsp3) is 0.357. The number of amides is 1. The summed E-state index contributed by atoms with van der Waals surface area (Å²) in [5.41, 5.74) is 0.875. The van der Waals surface area contributed by atoms with Gasteiger partial charge in [-0.1, -0.05) is 6.92 Å². The molecule has 0 aliphatic carbocycles. The van der Waals surface area contributed by atoms with Crippen LogP contribution in [0, 0.1) is 0 Å². The zero-order valence-corrected chi connectivity index (χ0v) is 13.8. The molecule has 0 saturated heterocycles. The SMILES string of the molecule is CCc1cc(Br)c(NC(C)=O)c(C(=O)OC)c1C(=O)OC. The molecule has 0 bridgehead atoms. The van der Waals surface area contributed by atoms with Crippen LogP contribution in [0.3, 0.4) is 0 Å². The van der Waals surface area contributed by atoms with Crippen LogP contribution in [-0.2, 0) is 20.7 Å². The van der Waals surface area contributed by atoms with Crippen LogP contribution in [0.4, 0.5) is 5.69 Å². The van der Waals surface area contributed by atoms with Gasteiger partial charge in [-0.2, -0.15) is 0 Å². The molecule has 0 atom stereocenters. The minimum absolute atomic E-state index is 0.0224. The number of ether oxygens (including phenoxy) is 2. The second-order valence-electron chi connectivity index (χ2n) is 4.16. The molecule has 1 N–H and O–H groups in total. The van der Waals surface area contributed by atoms with E-state index in [1.165, 1.54) is 21.1 Å². The quantitative estimate of drug-likeness (QED) is 0.837. The Kier molecular flexibility index (Phi) is 5.90. The van der Waals surface area contributed by atoms with E-state index in [0.717, 1.165) is 0 Å². The Labute approximate surface area is 130 Å². The first-order valence-electron chi connectivity index (χ1n) is 6.16. The lowest BCUT2D eigenvalue weighted by molar-refractivity contribution is -0.114. The predicted molar refractivity (Wildman–Crippen MR) is 80.5 cm³/mol. The number of hydrogen-bond acceptors (Lipinski definition) is 5. The topological polar surface area (TPSA) is 81.7 Å². The largest absolute Gasteiger partial charge is 0.465 e. The lowest BCUT2D eigenvalue weighted by Gasteiger charge is -2.17. The van der Waals surface area contributed by atoms with Gasteiger partial charge in [0.25, 0.3) is 0 Å². The highest BCUT2D eigenvalue weighted by Crippen LogP contribution is 2.33. The van der Waals surface area contributed by atoms with Gasteiger partial charge >= 0.3 is 11.9 Å². The van der Waals surface area contributed by atoms with Crippen molar-refractivity contribution in [3.05, 3.63) is 27.2 Å². The Balaban J connectivity index is 3.76. The van der Waals surface area contributed by atoms with Crippen LogP contribution in [0.5, 0.6) is 0 Å². The summed E-state index contributed by atoms with van der Waals surface area (Å²) in [6, 6.07) is 1.67. The first kappa shape index (κ1) is 17.2. The molecule has 0 unspecified atom stereocenters. The first-order chi connectivity index (χ1) is 9.87. The van der Waals surface area contributed by atoms with Crippen molar-refractivity contribution in [2.24, 2.45) is 0 Å². The Bertz CT molecular complexity index is 598. The van der Waals surface area contributed by atoms with E-state index < -0.39 is 11.9 Å². The molecule has 0 aliphatic rings. The van der Waals surface area contributed by atoms with Gasteiger partial charge in [-0.3, -0.25) is 4.79 Å². The minimum Gasteiger partial charge on any atom is -0.465 e. The van der Waals surface area contributed by atoms with E-state index in [2.05, 4.69) is 21.2 Å². The van der Waals surface area contributed by atoms with Crippen molar-refractivity contribution < 1.29 is 23.9 Å². The van der Waals surface area contributed by atoms with Crippen molar-refractivity contribution in [1.29, 1.82) is 0 Å². The summed E-state index contributed by atoms with van der Waals surface area (Å²) in [7, 11) is 2.43. The summed E-state index contributed by atoms with van der Waals surface area (Å²) >= 11 is 3.30. The van der Waals surface area contributed by atoms with Crippen LogP contribution in [0.25, 0.3) is 0 Å². The number of nitrogens with one attached hydrogen (secondary N) is 1. The Hall–Kier alpha value is -1.89. The van der Waals surface area contributed by atoms with E-state index in [-0.39, 0.29) is 22.7 Å². The molecule has 0 heterocycles. The normalized spacial score (nSPS) is 9.95. The van der Waals surface area contributed by atoms with Gasteiger partial charge in [0.15, 0.2) is 0 Å². The van der Waals surface area contributed by atoms with Gasteiger partial charge in [-0.15, -0.1) is 0 Å². The summed E-state index contributed by atoms with van der Waals surface area (Å²) in [4.78, 5) is 35.4. The minimum atomic E-state index is -0.727. The predicted octanol–water partition coefficient (Wildman–Crippen LogP) is 2.54. The number of methoxy groups -OCH3 is 2. The van der Waals surface area contributed by atoms with Crippen LogP contribution in [-0.4, -0.2) is 32.1 Å². The van der Waals surface area contributed by atoms with Gasteiger partial charge < -0.3 is 14.8 Å². The molecule has 6 nitrogen and oxygen atoms in total. The van der Waals surface area contributed by atoms with Gasteiger partial charge in [0.2, 0.25) is 5.91 Å². The third kappa shape index (κ3) is 3.60. The average molecular weight is 358 g/mol. The van der Waals surface area contributed by atoms with Crippen LogP contribution in [0.1, 0.15) is 40.1 Å². The second-order valence-corrected chi connectivity index (χ2v) is 5.01. The fourth-order valence-electron chi connectivity index (χ4n) is 1.92. The van der Waals surface area contributed by atoms with Gasteiger partial charge in [0.05, 0.1) is 31.0 Å². The molecule has 0 fully saturated rings. The Morgan fingerprint density at radius 1 is 1.14 bits per heavy atom. The first-order valence-corrected chi connectivity index (χ1v) is 6.96. The van der Waals surface area contributed by atoms with E-state index in [4.69, 9.17) is 9.47 Å². The van der Waals surface area contributed by atoms with E-state index in [1.807, 2.05) is 6.92 Å². The fourth-order valence-corrected chi connectivity index (χ4v) is 2.49. The van der Waals surface area contributed by atoms with E-state index >= 15 is 0 Å².